The molecule has 0 aliphatic carbocycles. The molecule has 0 radical (unpaired) electrons. The van der Waals surface area contributed by atoms with Crippen LogP contribution in [0.2, 0.25) is 0 Å². The van der Waals surface area contributed by atoms with Crippen molar-refractivity contribution in [2.75, 3.05) is 0 Å². The van der Waals surface area contributed by atoms with Crippen LogP contribution in [0.15, 0.2) is 42.7 Å². The van der Waals surface area contributed by atoms with Crippen molar-refractivity contribution in [1.29, 1.82) is 0 Å². The Balaban J connectivity index is 2.26. The average molecular weight is 266 g/mol. The third-order valence-electron chi connectivity index (χ3n) is 3.86. The molecule has 1 aromatic carbocycles. The predicted octanol–water partition coefficient (Wildman–Crippen LogP) is 5.19. The lowest BCUT2D eigenvalue weighted by atomic mass is 9.88. The number of nitrogens with zero attached hydrogens (tertiary/aromatic N) is 2. The van der Waals surface area contributed by atoms with E-state index in [0.717, 1.165) is 6.42 Å². The molecule has 0 bridgehead atoms. The lowest BCUT2D eigenvalue weighted by Gasteiger charge is -2.25. The summed E-state index contributed by atoms with van der Waals surface area (Å²) in [6, 6.07) is 11.2. The Labute approximate surface area is 120 Å². The maximum Gasteiger partial charge on any atom is 0.0680 e. The number of aromatic nitrogens is 2. The smallest absolute Gasteiger partial charge is 0.0680 e. The van der Waals surface area contributed by atoms with Gasteiger partial charge in [0.05, 0.1) is 11.7 Å². The summed E-state index contributed by atoms with van der Waals surface area (Å²) in [5, 5.41) is 2.63. The van der Waals surface area contributed by atoms with Gasteiger partial charge in [0.2, 0.25) is 0 Å². The molecule has 2 aromatic heterocycles. The largest absolute Gasteiger partial charge is 0.336 e. The van der Waals surface area contributed by atoms with Gasteiger partial charge < -0.3 is 4.57 Å². The number of benzene rings is 1. The fourth-order valence-electron chi connectivity index (χ4n) is 3.30. The van der Waals surface area contributed by atoms with Crippen LogP contribution in [0.5, 0.6) is 0 Å². The lowest BCUT2D eigenvalue weighted by Crippen LogP contribution is -2.14. The molecule has 0 fully saturated rings. The molecule has 3 aromatic rings. The molecule has 1 unspecified atom stereocenters. The summed E-state index contributed by atoms with van der Waals surface area (Å²) in [6.45, 7) is 9.21. The first-order valence-electron chi connectivity index (χ1n) is 7.30. The SMILES string of the molecule is CC(CC(C)(C)C)n1c2ccccc2c2ccncc21. The van der Waals surface area contributed by atoms with Crippen LogP contribution in [0, 0.1) is 5.41 Å². The molecule has 0 amide bonds. The zero-order valence-corrected chi connectivity index (χ0v) is 12.7. The molecule has 0 saturated carbocycles. The van der Waals surface area contributed by atoms with E-state index in [-0.39, 0.29) is 0 Å². The minimum atomic E-state index is 0.319. The van der Waals surface area contributed by atoms with E-state index >= 15 is 0 Å². The van der Waals surface area contributed by atoms with E-state index in [1.807, 2.05) is 12.4 Å². The molecule has 2 nitrogen and oxygen atoms in total. The average Bonchev–Trinajstić information content (AvgIpc) is 2.71. The molecule has 20 heavy (non-hydrogen) atoms. The van der Waals surface area contributed by atoms with Gasteiger partial charge in [0.15, 0.2) is 0 Å². The zero-order chi connectivity index (χ0) is 14.3. The summed E-state index contributed by atoms with van der Waals surface area (Å²) in [6.07, 6.45) is 5.03. The van der Waals surface area contributed by atoms with Crippen LogP contribution in [0.25, 0.3) is 21.8 Å². The van der Waals surface area contributed by atoms with Gasteiger partial charge in [0, 0.05) is 28.5 Å². The van der Waals surface area contributed by atoms with E-state index in [9.17, 15) is 0 Å². The first-order chi connectivity index (χ1) is 9.47. The van der Waals surface area contributed by atoms with Crippen molar-refractivity contribution in [2.45, 2.75) is 40.2 Å². The van der Waals surface area contributed by atoms with Gasteiger partial charge in [-0.25, -0.2) is 0 Å². The second kappa shape index (κ2) is 4.62. The maximum atomic E-state index is 4.33. The highest BCUT2D eigenvalue weighted by atomic mass is 15.0. The number of hydrogen-bond donors (Lipinski definition) is 0. The van der Waals surface area contributed by atoms with Gasteiger partial charge in [-0.3, -0.25) is 4.98 Å². The van der Waals surface area contributed by atoms with Gasteiger partial charge in [-0.2, -0.15) is 0 Å². The van der Waals surface area contributed by atoms with Crippen LogP contribution in [0.1, 0.15) is 40.2 Å². The van der Waals surface area contributed by atoms with E-state index in [1.165, 1.54) is 21.8 Å². The molecule has 0 aliphatic heterocycles. The van der Waals surface area contributed by atoms with E-state index in [2.05, 4.69) is 67.6 Å². The maximum absolute atomic E-state index is 4.33. The number of para-hydroxylation sites is 1. The Bertz CT molecular complexity index is 694. The number of rotatable bonds is 2. The summed E-state index contributed by atoms with van der Waals surface area (Å²) in [5.74, 6) is 0. The Morgan fingerprint density at radius 1 is 1.05 bits per heavy atom. The van der Waals surface area contributed by atoms with Crippen molar-refractivity contribution in [3.05, 3.63) is 42.7 Å². The van der Waals surface area contributed by atoms with E-state index in [0.29, 0.717) is 11.5 Å². The quantitative estimate of drug-likeness (QED) is 0.624. The Morgan fingerprint density at radius 3 is 2.50 bits per heavy atom. The number of hydrogen-bond acceptors (Lipinski definition) is 1. The summed E-state index contributed by atoms with van der Waals surface area (Å²) in [4.78, 5) is 4.33. The minimum absolute atomic E-state index is 0.319. The highest BCUT2D eigenvalue weighted by molar-refractivity contribution is 6.07. The molecular weight excluding hydrogens is 244 g/mol. The third kappa shape index (κ3) is 2.20. The van der Waals surface area contributed by atoms with Crippen LogP contribution in [0.4, 0.5) is 0 Å². The van der Waals surface area contributed by atoms with Crippen molar-refractivity contribution in [2.24, 2.45) is 5.41 Å². The first kappa shape index (κ1) is 13.2. The fourth-order valence-corrected chi connectivity index (χ4v) is 3.30. The van der Waals surface area contributed by atoms with Gasteiger partial charge >= 0.3 is 0 Å². The second-order valence-corrected chi connectivity index (χ2v) is 6.89. The molecule has 2 heteroatoms. The third-order valence-corrected chi connectivity index (χ3v) is 3.86. The van der Waals surface area contributed by atoms with E-state index in [4.69, 9.17) is 0 Å². The monoisotopic (exact) mass is 266 g/mol. The van der Waals surface area contributed by atoms with Crippen LogP contribution in [0.3, 0.4) is 0 Å². The zero-order valence-electron chi connectivity index (χ0n) is 12.7. The van der Waals surface area contributed by atoms with Crippen molar-refractivity contribution in [3.63, 3.8) is 0 Å². The number of fused-ring (bicyclic) bond motifs is 3. The van der Waals surface area contributed by atoms with Crippen molar-refractivity contribution < 1.29 is 0 Å². The molecule has 0 spiro atoms. The van der Waals surface area contributed by atoms with Gasteiger partial charge in [-0.1, -0.05) is 39.0 Å². The van der Waals surface area contributed by atoms with Gasteiger partial charge in [-0.15, -0.1) is 0 Å². The van der Waals surface area contributed by atoms with Crippen molar-refractivity contribution in [3.8, 4) is 0 Å². The summed E-state index contributed by atoms with van der Waals surface area (Å²) in [5.41, 5.74) is 2.87. The van der Waals surface area contributed by atoms with Gasteiger partial charge in [0.25, 0.3) is 0 Å². The fraction of sp³-hybridized carbons (Fsp3) is 0.389. The topological polar surface area (TPSA) is 17.8 Å². The lowest BCUT2D eigenvalue weighted by molar-refractivity contribution is 0.313. The standard InChI is InChI=1S/C18H22N2/c1-13(11-18(2,3)4)20-16-8-6-5-7-14(16)15-9-10-19-12-17(15)20/h5-10,12-13H,11H2,1-4H3. The molecule has 0 N–H and O–H groups in total. The normalized spacial score (nSPS) is 14.0. The summed E-state index contributed by atoms with van der Waals surface area (Å²) < 4.78 is 2.45. The Morgan fingerprint density at radius 2 is 1.75 bits per heavy atom. The number of pyridine rings is 1. The molecule has 2 heterocycles. The van der Waals surface area contributed by atoms with Gasteiger partial charge in [-0.05, 0) is 30.9 Å². The molecule has 104 valence electrons. The molecule has 0 saturated heterocycles. The van der Waals surface area contributed by atoms with Crippen LogP contribution in [-0.2, 0) is 0 Å². The second-order valence-electron chi connectivity index (χ2n) is 6.89. The Hall–Kier alpha value is -1.83. The van der Waals surface area contributed by atoms with Crippen molar-refractivity contribution >= 4 is 21.8 Å². The van der Waals surface area contributed by atoms with Crippen LogP contribution < -0.4 is 0 Å². The molecule has 3 rings (SSSR count). The predicted molar refractivity (Wildman–Crippen MR) is 86.0 cm³/mol. The molecular formula is C18H22N2. The molecule has 0 aliphatic rings. The van der Waals surface area contributed by atoms with E-state index in [1.54, 1.807) is 0 Å². The van der Waals surface area contributed by atoms with Crippen LogP contribution in [-0.4, -0.2) is 9.55 Å². The summed E-state index contributed by atoms with van der Waals surface area (Å²) >= 11 is 0. The first-order valence-corrected chi connectivity index (χ1v) is 7.30. The van der Waals surface area contributed by atoms with Gasteiger partial charge in [0.1, 0.15) is 0 Å². The highest BCUT2D eigenvalue weighted by Gasteiger charge is 2.20. The van der Waals surface area contributed by atoms with Crippen LogP contribution >= 0.6 is 0 Å². The molecule has 1 atom stereocenters. The minimum Gasteiger partial charge on any atom is -0.336 e. The Kier molecular flexibility index (Phi) is 3.04. The van der Waals surface area contributed by atoms with Crippen molar-refractivity contribution in [1.82, 2.24) is 9.55 Å². The van der Waals surface area contributed by atoms with E-state index < -0.39 is 0 Å². The summed E-state index contributed by atoms with van der Waals surface area (Å²) in [7, 11) is 0. The highest BCUT2D eigenvalue weighted by Crippen LogP contribution is 2.35.